The van der Waals surface area contributed by atoms with Crippen LogP contribution in [-0.2, 0) is 6.42 Å². The van der Waals surface area contributed by atoms with Crippen LogP contribution >= 0.6 is 0 Å². The predicted octanol–water partition coefficient (Wildman–Crippen LogP) is 6.66. The van der Waals surface area contributed by atoms with Crippen molar-refractivity contribution in [3.63, 3.8) is 0 Å². The summed E-state index contributed by atoms with van der Waals surface area (Å²) in [6, 6.07) is 16.5. The van der Waals surface area contributed by atoms with E-state index in [-0.39, 0.29) is 0 Å². The minimum atomic E-state index is 0.299. The molecule has 2 aliphatic rings. The van der Waals surface area contributed by atoms with Gasteiger partial charge in [-0.3, -0.25) is 9.69 Å². The number of ketones is 1. The van der Waals surface area contributed by atoms with Gasteiger partial charge in [0.15, 0.2) is 5.78 Å². The van der Waals surface area contributed by atoms with Gasteiger partial charge in [-0.15, -0.1) is 0 Å². The first kappa shape index (κ1) is 29.4. The van der Waals surface area contributed by atoms with E-state index in [2.05, 4.69) is 51.0 Å². The first-order valence-corrected chi connectivity index (χ1v) is 16.0. The van der Waals surface area contributed by atoms with Crippen LogP contribution in [0.4, 0.5) is 5.69 Å². The van der Waals surface area contributed by atoms with Crippen LogP contribution in [0.25, 0.3) is 10.9 Å². The Morgan fingerprint density at radius 2 is 1.66 bits per heavy atom. The number of Topliss-reactive ketones (excluding diaryl/α,β-unsaturated/α-hetero) is 1. The van der Waals surface area contributed by atoms with Crippen molar-refractivity contribution in [3.8, 4) is 6.07 Å². The number of piperidine rings is 1. The van der Waals surface area contributed by atoms with E-state index in [1.54, 1.807) is 0 Å². The number of fused-ring (bicyclic) bond motifs is 1. The lowest BCUT2D eigenvalue weighted by molar-refractivity contribution is 0.0962. The second-order valence-corrected chi connectivity index (χ2v) is 12.1. The Labute approximate surface area is 246 Å². The topological polar surface area (TPSA) is 66.4 Å². The van der Waals surface area contributed by atoms with E-state index in [0.29, 0.717) is 18.1 Å². The SMILES string of the molecule is CCCCN1CCC(CCC(=O)c2ccc(N3CCN(CCCCc4c[nH]c5ccc(C#N)cc45)CC3)cc2)CC1. The number of aryl methyl sites for hydroxylation is 1. The van der Waals surface area contributed by atoms with E-state index in [1.165, 1.54) is 68.4 Å². The molecule has 41 heavy (non-hydrogen) atoms. The summed E-state index contributed by atoms with van der Waals surface area (Å²) < 4.78 is 0. The second kappa shape index (κ2) is 14.7. The van der Waals surface area contributed by atoms with E-state index in [9.17, 15) is 10.1 Å². The zero-order valence-electron chi connectivity index (χ0n) is 24.9. The fourth-order valence-electron chi connectivity index (χ4n) is 6.55. The van der Waals surface area contributed by atoms with Crippen LogP contribution in [0.5, 0.6) is 0 Å². The number of hydrogen-bond donors (Lipinski definition) is 1. The highest BCUT2D eigenvalue weighted by molar-refractivity contribution is 5.96. The average Bonchev–Trinajstić information content (AvgIpc) is 3.43. The van der Waals surface area contributed by atoms with Crippen LogP contribution in [0.1, 0.15) is 79.8 Å². The summed E-state index contributed by atoms with van der Waals surface area (Å²) in [6.07, 6.45) is 12.2. The molecule has 2 aliphatic heterocycles. The summed E-state index contributed by atoms with van der Waals surface area (Å²) >= 11 is 0. The number of hydrogen-bond acceptors (Lipinski definition) is 5. The fraction of sp³-hybridized carbons (Fsp3) is 0.543. The lowest BCUT2D eigenvalue weighted by Gasteiger charge is -2.36. The Bertz CT molecular complexity index is 1290. The number of nitriles is 1. The van der Waals surface area contributed by atoms with Crippen molar-refractivity contribution in [3.05, 3.63) is 65.4 Å². The van der Waals surface area contributed by atoms with Crippen LogP contribution in [0.15, 0.2) is 48.7 Å². The summed E-state index contributed by atoms with van der Waals surface area (Å²) in [4.78, 5) is 23.8. The van der Waals surface area contributed by atoms with Gasteiger partial charge in [0, 0.05) is 61.0 Å². The molecular weight excluding hydrogens is 506 g/mol. The van der Waals surface area contributed by atoms with Gasteiger partial charge < -0.3 is 14.8 Å². The molecule has 218 valence electrons. The first-order chi connectivity index (χ1) is 20.1. The van der Waals surface area contributed by atoms with Crippen LogP contribution in [-0.4, -0.2) is 72.9 Å². The van der Waals surface area contributed by atoms with Crippen LogP contribution < -0.4 is 4.90 Å². The molecule has 2 saturated heterocycles. The minimum Gasteiger partial charge on any atom is -0.369 e. The van der Waals surface area contributed by atoms with Gasteiger partial charge in [0.1, 0.15) is 0 Å². The van der Waals surface area contributed by atoms with Gasteiger partial charge >= 0.3 is 0 Å². The molecule has 0 aliphatic carbocycles. The number of nitrogens with zero attached hydrogens (tertiary/aromatic N) is 4. The predicted molar refractivity (Wildman–Crippen MR) is 169 cm³/mol. The Morgan fingerprint density at radius 3 is 2.39 bits per heavy atom. The van der Waals surface area contributed by atoms with E-state index < -0.39 is 0 Å². The number of H-pyrrole nitrogens is 1. The van der Waals surface area contributed by atoms with E-state index >= 15 is 0 Å². The smallest absolute Gasteiger partial charge is 0.162 e. The molecule has 2 aromatic carbocycles. The number of aromatic nitrogens is 1. The maximum absolute atomic E-state index is 12.9. The third-order valence-corrected chi connectivity index (χ3v) is 9.31. The standard InChI is InChI=1S/C35H47N5O/c1-2-3-17-38-19-15-28(16-20-38)8-14-35(41)30-9-11-32(12-10-30)40-23-21-39(22-24-40)18-5-4-6-31-27-37-34-13-7-29(26-36)25-33(31)34/h7,9-13,25,27-28,37H,2-6,8,14-24H2,1H3. The number of aromatic amines is 1. The summed E-state index contributed by atoms with van der Waals surface area (Å²) in [5, 5.41) is 10.4. The van der Waals surface area contributed by atoms with E-state index in [4.69, 9.17) is 0 Å². The molecule has 6 heteroatoms. The molecule has 0 atom stereocenters. The van der Waals surface area contributed by atoms with E-state index in [0.717, 1.165) is 68.6 Å². The van der Waals surface area contributed by atoms with Crippen LogP contribution in [0, 0.1) is 17.2 Å². The Hall–Kier alpha value is -3.14. The van der Waals surface area contributed by atoms with Crippen molar-refractivity contribution in [2.24, 2.45) is 5.92 Å². The average molecular weight is 554 g/mol. The van der Waals surface area contributed by atoms with Gasteiger partial charge in [-0.05, 0) is 125 Å². The maximum Gasteiger partial charge on any atom is 0.162 e. The van der Waals surface area contributed by atoms with Gasteiger partial charge in [0.05, 0.1) is 11.6 Å². The Kier molecular flexibility index (Phi) is 10.5. The fourth-order valence-corrected chi connectivity index (χ4v) is 6.55. The molecule has 0 radical (unpaired) electrons. The van der Waals surface area contributed by atoms with Crippen molar-refractivity contribution in [1.29, 1.82) is 5.26 Å². The molecular formula is C35H47N5O. The first-order valence-electron chi connectivity index (χ1n) is 16.0. The number of rotatable bonds is 13. The highest BCUT2D eigenvalue weighted by atomic mass is 16.1. The third kappa shape index (κ3) is 7.99. The van der Waals surface area contributed by atoms with Crippen molar-refractivity contribution >= 4 is 22.4 Å². The van der Waals surface area contributed by atoms with Gasteiger partial charge in [0.2, 0.25) is 0 Å². The largest absolute Gasteiger partial charge is 0.369 e. The number of benzene rings is 2. The zero-order chi connectivity index (χ0) is 28.4. The van der Waals surface area contributed by atoms with Gasteiger partial charge in [-0.2, -0.15) is 5.26 Å². The number of likely N-dealkylation sites (tertiary alicyclic amines) is 1. The van der Waals surface area contributed by atoms with Gasteiger partial charge in [0.25, 0.3) is 0 Å². The molecule has 0 saturated carbocycles. The molecule has 1 aromatic heterocycles. The quantitative estimate of drug-likeness (QED) is 0.189. The normalized spacial score (nSPS) is 17.2. The molecule has 3 aromatic rings. The highest BCUT2D eigenvalue weighted by Crippen LogP contribution is 2.25. The van der Waals surface area contributed by atoms with Crippen molar-refractivity contribution < 1.29 is 4.79 Å². The van der Waals surface area contributed by atoms with Crippen LogP contribution in [0.3, 0.4) is 0 Å². The number of carbonyl (C=O) groups is 1. The summed E-state index contributed by atoms with van der Waals surface area (Å²) in [6.45, 7) is 11.3. The molecule has 0 amide bonds. The number of nitrogens with one attached hydrogen (secondary N) is 1. The van der Waals surface area contributed by atoms with Crippen molar-refractivity contribution in [2.75, 3.05) is 57.3 Å². The molecule has 2 fully saturated rings. The maximum atomic E-state index is 12.9. The summed E-state index contributed by atoms with van der Waals surface area (Å²) in [5.41, 5.74) is 5.25. The number of unbranched alkanes of at least 4 members (excludes halogenated alkanes) is 2. The molecule has 6 nitrogen and oxygen atoms in total. The minimum absolute atomic E-state index is 0.299. The monoisotopic (exact) mass is 553 g/mol. The van der Waals surface area contributed by atoms with Crippen molar-refractivity contribution in [1.82, 2.24) is 14.8 Å². The second-order valence-electron chi connectivity index (χ2n) is 12.1. The number of anilines is 1. The lowest BCUT2D eigenvalue weighted by atomic mass is 9.90. The molecule has 5 rings (SSSR count). The van der Waals surface area contributed by atoms with Crippen LogP contribution in [0.2, 0.25) is 0 Å². The summed E-state index contributed by atoms with van der Waals surface area (Å²) in [7, 11) is 0. The van der Waals surface area contributed by atoms with Gasteiger partial charge in [-0.25, -0.2) is 0 Å². The molecule has 3 heterocycles. The molecule has 0 spiro atoms. The molecule has 0 unspecified atom stereocenters. The lowest BCUT2D eigenvalue weighted by Crippen LogP contribution is -2.46. The van der Waals surface area contributed by atoms with Crippen molar-refractivity contribution in [2.45, 2.75) is 64.7 Å². The number of piperazine rings is 1. The number of carbonyl (C=O) groups excluding carboxylic acids is 1. The Morgan fingerprint density at radius 1 is 0.927 bits per heavy atom. The zero-order valence-corrected chi connectivity index (χ0v) is 24.9. The molecule has 0 bridgehead atoms. The third-order valence-electron chi connectivity index (χ3n) is 9.31. The highest BCUT2D eigenvalue weighted by Gasteiger charge is 2.21. The molecule has 1 N–H and O–H groups in total. The summed E-state index contributed by atoms with van der Waals surface area (Å²) in [5.74, 6) is 1.01. The van der Waals surface area contributed by atoms with E-state index in [1.807, 2.05) is 30.3 Å². The Balaban J connectivity index is 0.987. The van der Waals surface area contributed by atoms with Gasteiger partial charge in [-0.1, -0.05) is 13.3 Å².